The van der Waals surface area contributed by atoms with Crippen LogP contribution >= 0.6 is 0 Å². The van der Waals surface area contributed by atoms with Crippen LogP contribution in [0.5, 0.6) is 5.75 Å². The molecule has 0 bridgehead atoms. The summed E-state index contributed by atoms with van der Waals surface area (Å²) in [7, 11) is 3.51. The first-order chi connectivity index (χ1) is 11.2. The van der Waals surface area contributed by atoms with Gasteiger partial charge in [-0.15, -0.1) is 0 Å². The zero-order valence-corrected chi connectivity index (χ0v) is 13.6. The second kappa shape index (κ2) is 6.84. The van der Waals surface area contributed by atoms with Gasteiger partial charge >= 0.3 is 0 Å². The number of likely N-dealkylation sites (N-methyl/N-ethyl adjacent to an activating group) is 1. The number of ether oxygens (including phenoxy) is 1. The number of rotatable bonds is 4. The van der Waals surface area contributed by atoms with E-state index in [9.17, 15) is 4.79 Å². The summed E-state index contributed by atoms with van der Waals surface area (Å²) in [6.45, 7) is 1.35. The summed E-state index contributed by atoms with van der Waals surface area (Å²) in [5.41, 5.74) is 3.65. The molecule has 2 aromatic carbocycles. The van der Waals surface area contributed by atoms with E-state index in [0.717, 1.165) is 24.3 Å². The van der Waals surface area contributed by atoms with Crippen LogP contribution in [0.2, 0.25) is 0 Å². The van der Waals surface area contributed by atoms with Crippen molar-refractivity contribution in [2.45, 2.75) is 25.6 Å². The molecule has 1 amide bonds. The molecule has 4 heteroatoms. The quantitative estimate of drug-likeness (QED) is 0.942. The van der Waals surface area contributed by atoms with E-state index in [4.69, 9.17) is 4.74 Å². The van der Waals surface area contributed by atoms with Gasteiger partial charge in [0.1, 0.15) is 5.75 Å². The van der Waals surface area contributed by atoms with Gasteiger partial charge in [0, 0.05) is 20.1 Å². The SMILES string of the molecule is COc1ccc(CN(C)C(=O)C2Cc3ccccc3CN2)cc1. The number of hydrogen-bond acceptors (Lipinski definition) is 3. The average Bonchev–Trinajstić information content (AvgIpc) is 2.61. The monoisotopic (exact) mass is 310 g/mol. The lowest BCUT2D eigenvalue weighted by molar-refractivity contribution is -0.132. The first kappa shape index (κ1) is 15.6. The predicted molar refractivity (Wildman–Crippen MR) is 90.2 cm³/mol. The molecule has 120 valence electrons. The lowest BCUT2D eigenvalue weighted by Gasteiger charge is -2.29. The summed E-state index contributed by atoms with van der Waals surface area (Å²) in [4.78, 5) is 14.5. The molecule has 0 aliphatic carbocycles. The highest BCUT2D eigenvalue weighted by atomic mass is 16.5. The van der Waals surface area contributed by atoms with Gasteiger partial charge in [0.2, 0.25) is 5.91 Å². The Morgan fingerprint density at radius 2 is 1.87 bits per heavy atom. The van der Waals surface area contributed by atoms with Crippen LogP contribution in [0.3, 0.4) is 0 Å². The normalized spacial score (nSPS) is 16.5. The van der Waals surface area contributed by atoms with Crippen molar-refractivity contribution >= 4 is 5.91 Å². The minimum Gasteiger partial charge on any atom is -0.497 e. The third-order valence-corrected chi connectivity index (χ3v) is 4.33. The van der Waals surface area contributed by atoms with Gasteiger partial charge in [-0.25, -0.2) is 0 Å². The van der Waals surface area contributed by atoms with Crippen LogP contribution in [0.4, 0.5) is 0 Å². The number of nitrogens with one attached hydrogen (secondary N) is 1. The Kier molecular flexibility index (Phi) is 4.63. The fraction of sp³-hybridized carbons (Fsp3) is 0.316. The van der Waals surface area contributed by atoms with E-state index in [-0.39, 0.29) is 11.9 Å². The Bertz CT molecular complexity index is 682. The number of hydrogen-bond donors (Lipinski definition) is 1. The molecule has 23 heavy (non-hydrogen) atoms. The van der Waals surface area contributed by atoms with Crippen molar-refractivity contribution in [1.82, 2.24) is 10.2 Å². The number of nitrogens with zero attached hydrogens (tertiary/aromatic N) is 1. The highest BCUT2D eigenvalue weighted by Crippen LogP contribution is 2.18. The van der Waals surface area contributed by atoms with Crippen molar-refractivity contribution in [3.63, 3.8) is 0 Å². The Balaban J connectivity index is 1.63. The molecule has 0 saturated heterocycles. The largest absolute Gasteiger partial charge is 0.497 e. The van der Waals surface area contributed by atoms with Crippen LogP contribution < -0.4 is 10.1 Å². The molecule has 0 spiro atoms. The summed E-state index contributed by atoms with van der Waals surface area (Å²) in [5, 5.41) is 3.35. The molecule has 3 rings (SSSR count). The minimum atomic E-state index is -0.145. The van der Waals surface area contributed by atoms with Gasteiger partial charge < -0.3 is 15.0 Å². The fourth-order valence-corrected chi connectivity index (χ4v) is 2.98. The molecular weight excluding hydrogens is 288 g/mol. The molecule has 1 aliphatic rings. The molecule has 0 saturated carbocycles. The molecule has 0 aromatic heterocycles. The van der Waals surface area contributed by atoms with E-state index in [1.807, 2.05) is 43.4 Å². The smallest absolute Gasteiger partial charge is 0.240 e. The summed E-state index contributed by atoms with van der Waals surface area (Å²) >= 11 is 0. The summed E-state index contributed by atoms with van der Waals surface area (Å²) in [6.07, 6.45) is 0.752. The van der Waals surface area contributed by atoms with E-state index in [2.05, 4.69) is 17.4 Å². The van der Waals surface area contributed by atoms with Crippen LogP contribution in [-0.2, 0) is 24.3 Å². The van der Waals surface area contributed by atoms with Gasteiger partial charge in [0.15, 0.2) is 0 Å². The third-order valence-electron chi connectivity index (χ3n) is 4.33. The van der Waals surface area contributed by atoms with Crippen LogP contribution in [-0.4, -0.2) is 31.0 Å². The molecule has 1 unspecified atom stereocenters. The Morgan fingerprint density at radius 3 is 2.57 bits per heavy atom. The van der Waals surface area contributed by atoms with E-state index in [0.29, 0.717) is 6.54 Å². The molecule has 1 N–H and O–H groups in total. The molecule has 0 fully saturated rings. The van der Waals surface area contributed by atoms with Crippen molar-refractivity contribution in [2.24, 2.45) is 0 Å². The summed E-state index contributed by atoms with van der Waals surface area (Å²) in [5.74, 6) is 0.962. The maximum Gasteiger partial charge on any atom is 0.240 e. The molecule has 0 radical (unpaired) electrons. The molecule has 2 aromatic rings. The molecule has 1 atom stereocenters. The number of methoxy groups -OCH3 is 1. The van der Waals surface area contributed by atoms with Gasteiger partial charge in [0.25, 0.3) is 0 Å². The van der Waals surface area contributed by atoms with Crippen LogP contribution in [0.15, 0.2) is 48.5 Å². The predicted octanol–water partition coefficient (Wildman–Crippen LogP) is 2.37. The van der Waals surface area contributed by atoms with E-state index in [1.54, 1.807) is 12.0 Å². The maximum atomic E-state index is 12.7. The van der Waals surface area contributed by atoms with Crippen LogP contribution in [0.25, 0.3) is 0 Å². The number of amides is 1. The third kappa shape index (κ3) is 3.54. The van der Waals surface area contributed by atoms with E-state index >= 15 is 0 Å². The average molecular weight is 310 g/mol. The van der Waals surface area contributed by atoms with Gasteiger partial charge in [-0.2, -0.15) is 0 Å². The zero-order valence-electron chi connectivity index (χ0n) is 13.6. The van der Waals surface area contributed by atoms with Crippen molar-refractivity contribution in [3.05, 3.63) is 65.2 Å². The fourth-order valence-electron chi connectivity index (χ4n) is 2.98. The molecule has 4 nitrogen and oxygen atoms in total. The molecular formula is C19H22N2O2. The van der Waals surface area contributed by atoms with E-state index in [1.165, 1.54) is 11.1 Å². The van der Waals surface area contributed by atoms with Crippen molar-refractivity contribution < 1.29 is 9.53 Å². The lowest BCUT2D eigenvalue weighted by Crippen LogP contribution is -2.48. The summed E-state index contributed by atoms with van der Waals surface area (Å²) < 4.78 is 5.16. The number of fused-ring (bicyclic) bond motifs is 1. The second-order valence-corrected chi connectivity index (χ2v) is 5.95. The standard InChI is InChI=1S/C19H22N2O2/c1-21(13-14-7-9-17(23-2)10-8-14)19(22)18-11-15-5-3-4-6-16(15)12-20-18/h3-10,18,20H,11-13H2,1-2H3. The molecule has 1 aliphatic heterocycles. The van der Waals surface area contributed by atoms with Crippen molar-refractivity contribution in [3.8, 4) is 5.75 Å². The van der Waals surface area contributed by atoms with Gasteiger partial charge in [-0.3, -0.25) is 4.79 Å². The van der Waals surface area contributed by atoms with Crippen molar-refractivity contribution in [1.29, 1.82) is 0 Å². The Morgan fingerprint density at radius 1 is 1.17 bits per heavy atom. The Hall–Kier alpha value is -2.33. The van der Waals surface area contributed by atoms with Gasteiger partial charge in [-0.05, 0) is 35.2 Å². The van der Waals surface area contributed by atoms with Crippen LogP contribution in [0.1, 0.15) is 16.7 Å². The highest BCUT2D eigenvalue weighted by Gasteiger charge is 2.26. The summed E-state index contributed by atoms with van der Waals surface area (Å²) in [6, 6.07) is 16.0. The Labute approximate surface area is 137 Å². The first-order valence-electron chi connectivity index (χ1n) is 7.85. The van der Waals surface area contributed by atoms with Crippen LogP contribution in [0, 0.1) is 0 Å². The van der Waals surface area contributed by atoms with Crippen molar-refractivity contribution in [2.75, 3.05) is 14.2 Å². The van der Waals surface area contributed by atoms with Gasteiger partial charge in [-0.1, -0.05) is 36.4 Å². The minimum absolute atomic E-state index is 0.135. The number of carbonyl (C=O) groups is 1. The van der Waals surface area contributed by atoms with Gasteiger partial charge in [0.05, 0.1) is 13.2 Å². The zero-order chi connectivity index (χ0) is 16.2. The highest BCUT2D eigenvalue weighted by molar-refractivity contribution is 5.82. The number of carbonyl (C=O) groups excluding carboxylic acids is 1. The first-order valence-corrected chi connectivity index (χ1v) is 7.85. The number of benzene rings is 2. The topological polar surface area (TPSA) is 41.6 Å². The maximum absolute atomic E-state index is 12.7. The lowest BCUT2D eigenvalue weighted by atomic mass is 9.95. The molecule has 1 heterocycles. The van der Waals surface area contributed by atoms with E-state index < -0.39 is 0 Å². The second-order valence-electron chi connectivity index (χ2n) is 5.95.